The second-order valence-electron chi connectivity index (χ2n) is 6.36. The zero-order valence-electron chi connectivity index (χ0n) is 13.2. The van der Waals surface area contributed by atoms with Gasteiger partial charge in [0.05, 0.1) is 0 Å². The molecule has 0 heterocycles. The maximum absolute atomic E-state index is 3.72. The number of halogens is 2. The molecule has 1 nitrogen and oxygen atoms in total. The third kappa shape index (κ3) is 4.80. The SMILES string of the molecule is CCCCC1CCC(C(NC)c2cc(Br)ccc2Br)CC1. The molecule has 118 valence electrons. The second-order valence-corrected chi connectivity index (χ2v) is 8.13. The van der Waals surface area contributed by atoms with Crippen molar-refractivity contribution in [3.63, 3.8) is 0 Å². The third-order valence-electron chi connectivity index (χ3n) is 4.93. The largest absolute Gasteiger partial charge is 0.313 e. The van der Waals surface area contributed by atoms with Crippen LogP contribution < -0.4 is 5.32 Å². The van der Waals surface area contributed by atoms with Crippen molar-refractivity contribution >= 4 is 31.9 Å². The van der Waals surface area contributed by atoms with Crippen LogP contribution >= 0.6 is 31.9 Å². The van der Waals surface area contributed by atoms with E-state index in [1.807, 2.05) is 0 Å². The number of rotatable bonds is 6. The summed E-state index contributed by atoms with van der Waals surface area (Å²) in [6.07, 6.45) is 9.72. The number of hydrogen-bond acceptors (Lipinski definition) is 1. The molecule has 1 fully saturated rings. The van der Waals surface area contributed by atoms with Crippen molar-refractivity contribution < 1.29 is 0 Å². The molecule has 0 aliphatic heterocycles. The van der Waals surface area contributed by atoms with Gasteiger partial charge >= 0.3 is 0 Å². The Morgan fingerprint density at radius 2 is 1.90 bits per heavy atom. The number of hydrogen-bond donors (Lipinski definition) is 1. The average Bonchev–Trinajstić information content (AvgIpc) is 2.50. The van der Waals surface area contributed by atoms with E-state index in [2.05, 4.69) is 69.3 Å². The molecule has 2 rings (SSSR count). The van der Waals surface area contributed by atoms with Gasteiger partial charge in [0.15, 0.2) is 0 Å². The fraction of sp³-hybridized carbons (Fsp3) is 0.667. The summed E-state index contributed by atoms with van der Waals surface area (Å²) in [5.41, 5.74) is 1.39. The van der Waals surface area contributed by atoms with E-state index < -0.39 is 0 Å². The Morgan fingerprint density at radius 3 is 2.52 bits per heavy atom. The van der Waals surface area contributed by atoms with E-state index in [0.717, 1.165) is 16.3 Å². The Morgan fingerprint density at radius 1 is 1.19 bits per heavy atom. The normalized spacial score (nSPS) is 24.0. The highest BCUT2D eigenvalue weighted by Crippen LogP contribution is 2.40. The molecule has 0 bridgehead atoms. The fourth-order valence-corrected chi connectivity index (χ4v) is 4.57. The summed E-state index contributed by atoms with van der Waals surface area (Å²) in [4.78, 5) is 0. The van der Waals surface area contributed by atoms with Gasteiger partial charge in [-0.15, -0.1) is 0 Å². The number of nitrogens with one attached hydrogen (secondary N) is 1. The first kappa shape index (κ1) is 17.5. The van der Waals surface area contributed by atoms with Gasteiger partial charge < -0.3 is 5.32 Å². The van der Waals surface area contributed by atoms with E-state index in [-0.39, 0.29) is 0 Å². The van der Waals surface area contributed by atoms with Crippen molar-refractivity contribution in [3.8, 4) is 0 Å². The summed E-state index contributed by atoms with van der Waals surface area (Å²) < 4.78 is 2.38. The summed E-state index contributed by atoms with van der Waals surface area (Å²) in [6, 6.07) is 6.97. The molecule has 1 saturated carbocycles. The molecule has 1 aliphatic carbocycles. The average molecular weight is 417 g/mol. The lowest BCUT2D eigenvalue weighted by atomic mass is 9.75. The van der Waals surface area contributed by atoms with Crippen LogP contribution in [0.15, 0.2) is 27.1 Å². The molecule has 1 aliphatic rings. The molecule has 1 aromatic rings. The standard InChI is InChI=1S/C18H27Br2N/c1-3-4-5-13-6-8-14(9-7-13)18(21-2)16-12-15(19)10-11-17(16)20/h10-14,18,21H,3-9H2,1-2H3. The van der Waals surface area contributed by atoms with Gasteiger partial charge in [-0.1, -0.05) is 70.9 Å². The van der Waals surface area contributed by atoms with Crippen LogP contribution in [0, 0.1) is 11.8 Å². The van der Waals surface area contributed by atoms with Crippen molar-refractivity contribution in [1.82, 2.24) is 5.32 Å². The minimum absolute atomic E-state index is 0.462. The Kier molecular flexibility index (Phi) is 7.24. The summed E-state index contributed by atoms with van der Waals surface area (Å²) in [5.74, 6) is 1.74. The Bertz CT molecular complexity index is 439. The molecule has 0 spiro atoms. The highest BCUT2D eigenvalue weighted by atomic mass is 79.9. The predicted octanol–water partition coefficient (Wildman–Crippen LogP) is 6.47. The molecule has 1 N–H and O–H groups in total. The molecule has 1 aromatic carbocycles. The van der Waals surface area contributed by atoms with Crippen molar-refractivity contribution in [1.29, 1.82) is 0 Å². The number of benzene rings is 1. The highest BCUT2D eigenvalue weighted by molar-refractivity contribution is 9.11. The lowest BCUT2D eigenvalue weighted by molar-refractivity contribution is 0.217. The van der Waals surface area contributed by atoms with E-state index in [4.69, 9.17) is 0 Å². The van der Waals surface area contributed by atoms with Gasteiger partial charge in [0.2, 0.25) is 0 Å². The first-order valence-corrected chi connectivity index (χ1v) is 9.86. The summed E-state index contributed by atoms with van der Waals surface area (Å²) in [5, 5.41) is 3.56. The van der Waals surface area contributed by atoms with Gasteiger partial charge in [0.1, 0.15) is 0 Å². The summed E-state index contributed by atoms with van der Waals surface area (Å²) in [7, 11) is 2.10. The minimum Gasteiger partial charge on any atom is -0.313 e. The van der Waals surface area contributed by atoms with Crippen LogP contribution in [-0.2, 0) is 0 Å². The van der Waals surface area contributed by atoms with Crippen LogP contribution in [0.3, 0.4) is 0 Å². The van der Waals surface area contributed by atoms with Crippen molar-refractivity contribution in [2.75, 3.05) is 7.05 Å². The molecule has 21 heavy (non-hydrogen) atoms. The van der Waals surface area contributed by atoms with E-state index in [9.17, 15) is 0 Å². The van der Waals surface area contributed by atoms with Crippen molar-refractivity contribution in [2.24, 2.45) is 11.8 Å². The zero-order valence-corrected chi connectivity index (χ0v) is 16.3. The summed E-state index contributed by atoms with van der Waals surface area (Å²) in [6.45, 7) is 2.30. The monoisotopic (exact) mass is 415 g/mol. The van der Waals surface area contributed by atoms with E-state index in [0.29, 0.717) is 6.04 Å². The smallest absolute Gasteiger partial charge is 0.0357 e. The van der Waals surface area contributed by atoms with Gasteiger partial charge in [-0.3, -0.25) is 0 Å². The fourth-order valence-electron chi connectivity index (χ4n) is 3.70. The molecular formula is C18H27Br2N. The third-order valence-corrected chi connectivity index (χ3v) is 6.15. The first-order chi connectivity index (χ1) is 10.2. The van der Waals surface area contributed by atoms with Crippen LogP contribution in [0.5, 0.6) is 0 Å². The molecular weight excluding hydrogens is 390 g/mol. The van der Waals surface area contributed by atoms with Crippen LogP contribution in [0.25, 0.3) is 0 Å². The summed E-state index contributed by atoms with van der Waals surface area (Å²) >= 11 is 7.33. The van der Waals surface area contributed by atoms with Crippen LogP contribution in [0.2, 0.25) is 0 Å². The Labute approximate surface area is 146 Å². The molecule has 0 aromatic heterocycles. The van der Waals surface area contributed by atoms with Gasteiger partial charge in [0.25, 0.3) is 0 Å². The topological polar surface area (TPSA) is 12.0 Å². The maximum atomic E-state index is 3.72. The molecule has 3 heteroatoms. The molecule has 0 amide bonds. The van der Waals surface area contributed by atoms with Gasteiger partial charge in [-0.05, 0) is 55.5 Å². The maximum Gasteiger partial charge on any atom is 0.0357 e. The van der Waals surface area contributed by atoms with E-state index in [1.165, 1.54) is 55.0 Å². The van der Waals surface area contributed by atoms with Crippen molar-refractivity contribution in [2.45, 2.75) is 57.9 Å². The predicted molar refractivity (Wildman–Crippen MR) is 98.6 cm³/mol. The molecule has 0 radical (unpaired) electrons. The first-order valence-electron chi connectivity index (χ1n) is 8.28. The lowest BCUT2D eigenvalue weighted by Crippen LogP contribution is -2.29. The number of unbranched alkanes of at least 4 members (excludes halogenated alkanes) is 1. The lowest BCUT2D eigenvalue weighted by Gasteiger charge is -2.34. The molecule has 1 atom stereocenters. The molecule has 0 saturated heterocycles. The second kappa shape index (κ2) is 8.69. The van der Waals surface area contributed by atoms with Crippen LogP contribution in [0.4, 0.5) is 0 Å². The molecule has 1 unspecified atom stereocenters. The van der Waals surface area contributed by atoms with Crippen molar-refractivity contribution in [3.05, 3.63) is 32.7 Å². The van der Waals surface area contributed by atoms with E-state index >= 15 is 0 Å². The minimum atomic E-state index is 0.462. The van der Waals surface area contributed by atoms with Gasteiger partial charge in [-0.25, -0.2) is 0 Å². The quantitative estimate of drug-likeness (QED) is 0.560. The Balaban J connectivity index is 2.01. The van der Waals surface area contributed by atoms with Crippen LogP contribution in [0.1, 0.15) is 63.5 Å². The zero-order chi connectivity index (χ0) is 15.2. The van der Waals surface area contributed by atoms with Gasteiger partial charge in [-0.2, -0.15) is 0 Å². The van der Waals surface area contributed by atoms with Gasteiger partial charge in [0, 0.05) is 15.0 Å². The Hall–Kier alpha value is 0.140. The van der Waals surface area contributed by atoms with E-state index in [1.54, 1.807) is 0 Å². The van der Waals surface area contributed by atoms with Crippen LogP contribution in [-0.4, -0.2) is 7.05 Å². The highest BCUT2D eigenvalue weighted by Gasteiger charge is 2.28.